The van der Waals surface area contributed by atoms with Gasteiger partial charge in [-0.15, -0.1) is 0 Å². The molecular formula is C21H44N2O2Si. The summed E-state index contributed by atoms with van der Waals surface area (Å²) >= 11 is 0. The number of carbonyl (C=O) groups is 1. The van der Waals surface area contributed by atoms with Gasteiger partial charge < -0.3 is 14.2 Å². The van der Waals surface area contributed by atoms with Gasteiger partial charge >= 0.3 is 5.97 Å². The molecule has 26 heavy (non-hydrogen) atoms. The van der Waals surface area contributed by atoms with Gasteiger partial charge in [-0.05, 0) is 42.8 Å². The number of nitrogens with zero attached hydrogens (tertiary/aromatic N) is 2. The zero-order chi connectivity index (χ0) is 19.7. The van der Waals surface area contributed by atoms with Gasteiger partial charge in [-0.1, -0.05) is 41.5 Å². The molecule has 1 fully saturated rings. The maximum atomic E-state index is 11.6. The van der Waals surface area contributed by atoms with Crippen molar-refractivity contribution in [1.29, 1.82) is 0 Å². The van der Waals surface area contributed by atoms with Crippen molar-refractivity contribution < 1.29 is 9.53 Å². The summed E-state index contributed by atoms with van der Waals surface area (Å²) in [5.74, 6) is 2.28. The van der Waals surface area contributed by atoms with E-state index in [1.54, 1.807) is 0 Å². The van der Waals surface area contributed by atoms with Gasteiger partial charge in [0.2, 0.25) is 0 Å². The van der Waals surface area contributed by atoms with Gasteiger partial charge in [0.15, 0.2) is 0 Å². The van der Waals surface area contributed by atoms with Gasteiger partial charge in [0.1, 0.15) is 8.24 Å². The first-order valence-corrected chi connectivity index (χ1v) is 13.4. The molecule has 0 amide bonds. The molecule has 0 aromatic rings. The summed E-state index contributed by atoms with van der Waals surface area (Å²) in [6.07, 6.45) is 0.528. The normalized spacial score (nSPS) is 17.5. The van der Waals surface area contributed by atoms with Gasteiger partial charge in [0.05, 0.1) is 13.0 Å². The van der Waals surface area contributed by atoms with E-state index in [1.807, 2.05) is 6.92 Å². The first-order valence-electron chi connectivity index (χ1n) is 10.8. The van der Waals surface area contributed by atoms with Gasteiger partial charge in [0, 0.05) is 32.7 Å². The molecule has 0 unspecified atom stereocenters. The molecule has 1 aliphatic rings. The van der Waals surface area contributed by atoms with Gasteiger partial charge in [-0.25, -0.2) is 0 Å². The number of carbonyl (C=O) groups excluding carboxylic acids is 1. The van der Waals surface area contributed by atoms with Crippen molar-refractivity contribution >= 4 is 14.2 Å². The van der Waals surface area contributed by atoms with Crippen molar-refractivity contribution in [2.24, 2.45) is 17.8 Å². The van der Waals surface area contributed by atoms with E-state index in [0.29, 0.717) is 13.0 Å². The molecule has 1 saturated heterocycles. The standard InChI is InChI=1S/C21H44N2O2Si/c1-8-25-21(24)9-10-22-11-13-23(14-12-22)26(15-18(2)3,16-19(4)5)17-20(6)7/h18-20H,8-17H2,1-7H3. The molecule has 5 heteroatoms. The Bertz CT molecular complexity index is 378. The highest BCUT2D eigenvalue weighted by Crippen LogP contribution is 2.35. The van der Waals surface area contributed by atoms with Crippen LogP contribution < -0.4 is 0 Å². The fourth-order valence-electron chi connectivity index (χ4n) is 4.85. The molecule has 0 atom stereocenters. The molecule has 0 aliphatic carbocycles. The fourth-order valence-corrected chi connectivity index (χ4v) is 11.8. The van der Waals surface area contributed by atoms with E-state index in [4.69, 9.17) is 4.74 Å². The molecule has 0 aromatic carbocycles. The quantitative estimate of drug-likeness (QED) is 0.389. The third-order valence-corrected chi connectivity index (χ3v) is 11.9. The predicted octanol–water partition coefficient (Wildman–Crippen LogP) is 4.47. The Labute approximate surface area is 163 Å². The highest BCUT2D eigenvalue weighted by Gasteiger charge is 2.42. The second-order valence-corrected chi connectivity index (χ2v) is 13.7. The average molecular weight is 385 g/mol. The summed E-state index contributed by atoms with van der Waals surface area (Å²) in [7, 11) is -1.46. The minimum absolute atomic E-state index is 0.0573. The molecule has 1 rings (SSSR count). The van der Waals surface area contributed by atoms with E-state index < -0.39 is 8.24 Å². The van der Waals surface area contributed by atoms with Crippen LogP contribution in [-0.2, 0) is 9.53 Å². The first kappa shape index (κ1) is 23.6. The largest absolute Gasteiger partial charge is 0.466 e. The van der Waals surface area contributed by atoms with Crippen molar-refractivity contribution in [1.82, 2.24) is 9.47 Å². The van der Waals surface area contributed by atoms with Crippen molar-refractivity contribution in [3.63, 3.8) is 0 Å². The Morgan fingerprint density at radius 3 is 1.73 bits per heavy atom. The number of piperazine rings is 1. The summed E-state index contributed by atoms with van der Waals surface area (Å²) in [5, 5.41) is 0. The molecule has 0 saturated carbocycles. The van der Waals surface area contributed by atoms with Crippen LogP contribution in [0.25, 0.3) is 0 Å². The average Bonchev–Trinajstić information content (AvgIpc) is 2.51. The third kappa shape index (κ3) is 8.09. The number of hydrogen-bond donors (Lipinski definition) is 0. The van der Waals surface area contributed by atoms with Crippen molar-refractivity contribution in [2.75, 3.05) is 39.3 Å². The van der Waals surface area contributed by atoms with Gasteiger partial charge in [0.25, 0.3) is 0 Å². The van der Waals surface area contributed by atoms with E-state index in [1.165, 1.54) is 31.2 Å². The molecule has 0 N–H and O–H groups in total. The Morgan fingerprint density at radius 2 is 1.35 bits per heavy atom. The van der Waals surface area contributed by atoms with E-state index in [9.17, 15) is 4.79 Å². The maximum Gasteiger partial charge on any atom is 0.307 e. The number of hydrogen-bond acceptors (Lipinski definition) is 4. The summed E-state index contributed by atoms with van der Waals surface area (Å²) in [5.41, 5.74) is 0. The van der Waals surface area contributed by atoms with Crippen molar-refractivity contribution in [2.45, 2.75) is 73.0 Å². The summed E-state index contributed by atoms with van der Waals surface area (Å²) in [4.78, 5) is 14.1. The van der Waals surface area contributed by atoms with Crippen LogP contribution >= 0.6 is 0 Å². The molecule has 0 spiro atoms. The lowest BCUT2D eigenvalue weighted by Crippen LogP contribution is -2.61. The van der Waals surface area contributed by atoms with Crippen LogP contribution in [0, 0.1) is 17.8 Å². The summed E-state index contributed by atoms with van der Waals surface area (Å²) < 4.78 is 7.99. The van der Waals surface area contributed by atoms with Crippen LogP contribution in [-0.4, -0.2) is 63.0 Å². The molecule has 154 valence electrons. The topological polar surface area (TPSA) is 32.8 Å². The van der Waals surface area contributed by atoms with Crippen LogP contribution in [0.15, 0.2) is 0 Å². The monoisotopic (exact) mass is 384 g/mol. The highest BCUT2D eigenvalue weighted by atomic mass is 28.3. The fraction of sp³-hybridized carbons (Fsp3) is 0.952. The van der Waals surface area contributed by atoms with Gasteiger partial charge in [-0.2, -0.15) is 0 Å². The number of esters is 1. The third-order valence-electron chi connectivity index (χ3n) is 5.35. The lowest BCUT2D eigenvalue weighted by Gasteiger charge is -2.49. The Hall–Kier alpha value is -0.393. The zero-order valence-corrected chi connectivity index (χ0v) is 19.5. The molecule has 0 aromatic heterocycles. The second-order valence-electron chi connectivity index (χ2n) is 9.40. The zero-order valence-electron chi connectivity index (χ0n) is 18.5. The molecule has 4 nitrogen and oxygen atoms in total. The summed E-state index contributed by atoms with van der Waals surface area (Å²) in [6, 6.07) is 4.27. The van der Waals surface area contributed by atoms with Crippen LogP contribution in [0.1, 0.15) is 54.9 Å². The highest BCUT2D eigenvalue weighted by molar-refractivity contribution is 6.77. The molecule has 0 radical (unpaired) electrons. The molecule has 0 bridgehead atoms. The van der Waals surface area contributed by atoms with E-state index in [-0.39, 0.29) is 5.97 Å². The predicted molar refractivity (Wildman–Crippen MR) is 114 cm³/mol. The minimum Gasteiger partial charge on any atom is -0.466 e. The van der Waals surface area contributed by atoms with Crippen LogP contribution in [0.3, 0.4) is 0 Å². The van der Waals surface area contributed by atoms with Crippen LogP contribution in [0.4, 0.5) is 0 Å². The minimum atomic E-state index is -1.46. The van der Waals surface area contributed by atoms with E-state index in [2.05, 4.69) is 51.0 Å². The summed E-state index contributed by atoms with van der Waals surface area (Å²) in [6.45, 7) is 22.2. The Morgan fingerprint density at radius 1 is 0.885 bits per heavy atom. The SMILES string of the molecule is CCOC(=O)CCN1CCN([Si](CC(C)C)(CC(C)C)CC(C)C)CC1. The van der Waals surface area contributed by atoms with Crippen molar-refractivity contribution in [3.05, 3.63) is 0 Å². The Kier molecular flexibility index (Phi) is 10.4. The lowest BCUT2D eigenvalue weighted by atomic mass is 10.2. The van der Waals surface area contributed by atoms with Gasteiger partial charge in [-0.3, -0.25) is 4.79 Å². The second kappa shape index (κ2) is 11.5. The first-order chi connectivity index (χ1) is 12.2. The molecular weight excluding hydrogens is 340 g/mol. The lowest BCUT2D eigenvalue weighted by molar-refractivity contribution is -0.143. The molecule has 1 heterocycles. The number of rotatable bonds is 11. The van der Waals surface area contributed by atoms with Crippen LogP contribution in [0.2, 0.25) is 18.1 Å². The van der Waals surface area contributed by atoms with E-state index >= 15 is 0 Å². The molecule has 1 aliphatic heterocycles. The maximum absolute atomic E-state index is 11.6. The van der Waals surface area contributed by atoms with E-state index in [0.717, 1.165) is 37.4 Å². The number of ether oxygens (including phenoxy) is 1. The van der Waals surface area contributed by atoms with Crippen LogP contribution in [0.5, 0.6) is 0 Å². The Balaban J connectivity index is 2.72. The van der Waals surface area contributed by atoms with Crippen molar-refractivity contribution in [3.8, 4) is 0 Å². The smallest absolute Gasteiger partial charge is 0.307 e.